The minimum Gasteiger partial charge on any atom is -0.309 e. The van der Waals surface area contributed by atoms with Gasteiger partial charge in [-0.25, -0.2) is 4.39 Å². The van der Waals surface area contributed by atoms with Gasteiger partial charge in [-0.15, -0.1) is 0 Å². The van der Waals surface area contributed by atoms with Crippen molar-refractivity contribution < 1.29 is 17.6 Å². The van der Waals surface area contributed by atoms with Crippen LogP contribution in [0.3, 0.4) is 0 Å². The molecule has 0 amide bonds. The van der Waals surface area contributed by atoms with Gasteiger partial charge in [-0.05, 0) is 51.2 Å². The van der Waals surface area contributed by atoms with Crippen LogP contribution in [-0.4, -0.2) is 25.5 Å². The lowest BCUT2D eigenvalue weighted by Crippen LogP contribution is -2.15. The van der Waals surface area contributed by atoms with E-state index in [0.717, 1.165) is 6.07 Å². The zero-order valence-electron chi connectivity index (χ0n) is 9.81. The summed E-state index contributed by atoms with van der Waals surface area (Å²) in [6.45, 7) is 0.703. The summed E-state index contributed by atoms with van der Waals surface area (Å²) in [6, 6.07) is 2.85. The molecule has 0 atom stereocenters. The molecule has 0 spiro atoms. The largest absolute Gasteiger partial charge is 0.416 e. The SMILES string of the molecule is CN(C)CCCc1ccc(F)cc1C(F)(F)F. The fourth-order valence-corrected chi connectivity index (χ4v) is 1.62. The van der Waals surface area contributed by atoms with Crippen molar-refractivity contribution in [1.82, 2.24) is 4.90 Å². The first-order valence-corrected chi connectivity index (χ1v) is 5.31. The second-order valence-electron chi connectivity index (χ2n) is 4.21. The minimum absolute atomic E-state index is 0.153. The number of nitrogens with zero attached hydrogens (tertiary/aromatic N) is 1. The van der Waals surface area contributed by atoms with Crippen molar-refractivity contribution in [3.05, 3.63) is 35.1 Å². The Morgan fingerprint density at radius 1 is 1.18 bits per heavy atom. The van der Waals surface area contributed by atoms with Crippen LogP contribution in [-0.2, 0) is 12.6 Å². The van der Waals surface area contributed by atoms with Crippen LogP contribution in [0.5, 0.6) is 0 Å². The topological polar surface area (TPSA) is 3.24 Å². The molecule has 96 valence electrons. The van der Waals surface area contributed by atoms with Crippen LogP contribution in [0.4, 0.5) is 17.6 Å². The second-order valence-corrected chi connectivity index (χ2v) is 4.21. The fraction of sp³-hybridized carbons (Fsp3) is 0.500. The lowest BCUT2D eigenvalue weighted by Gasteiger charge is -2.14. The summed E-state index contributed by atoms with van der Waals surface area (Å²) < 4.78 is 50.7. The number of aryl methyl sites for hydroxylation is 1. The van der Waals surface area contributed by atoms with Crippen molar-refractivity contribution in [1.29, 1.82) is 0 Å². The molecule has 0 unspecified atom stereocenters. The Kier molecular flexibility index (Phi) is 4.51. The lowest BCUT2D eigenvalue weighted by atomic mass is 10.0. The third kappa shape index (κ3) is 4.34. The Labute approximate surface area is 98.0 Å². The van der Waals surface area contributed by atoms with Crippen LogP contribution >= 0.6 is 0 Å². The number of hydrogen-bond donors (Lipinski definition) is 0. The smallest absolute Gasteiger partial charge is 0.309 e. The molecule has 17 heavy (non-hydrogen) atoms. The van der Waals surface area contributed by atoms with Gasteiger partial charge in [0, 0.05) is 0 Å². The van der Waals surface area contributed by atoms with E-state index in [1.807, 2.05) is 19.0 Å². The predicted molar refractivity (Wildman–Crippen MR) is 58.3 cm³/mol. The van der Waals surface area contributed by atoms with E-state index in [4.69, 9.17) is 0 Å². The standard InChI is InChI=1S/C12H15F4N/c1-17(2)7-3-4-9-5-6-10(13)8-11(9)12(14,15)16/h5-6,8H,3-4,7H2,1-2H3. The Hall–Kier alpha value is -1.10. The van der Waals surface area contributed by atoms with E-state index in [1.54, 1.807) is 0 Å². The molecule has 1 rings (SSSR count). The highest BCUT2D eigenvalue weighted by Gasteiger charge is 2.33. The maximum absolute atomic E-state index is 12.8. The van der Waals surface area contributed by atoms with Gasteiger partial charge in [0.2, 0.25) is 0 Å². The summed E-state index contributed by atoms with van der Waals surface area (Å²) in [5.74, 6) is -0.853. The van der Waals surface area contributed by atoms with Gasteiger partial charge < -0.3 is 4.90 Å². The molecule has 5 heteroatoms. The van der Waals surface area contributed by atoms with Gasteiger partial charge in [0.05, 0.1) is 5.56 Å². The van der Waals surface area contributed by atoms with E-state index in [9.17, 15) is 17.6 Å². The van der Waals surface area contributed by atoms with Gasteiger partial charge >= 0.3 is 6.18 Å². The molecule has 1 nitrogen and oxygen atoms in total. The Morgan fingerprint density at radius 3 is 2.35 bits per heavy atom. The Morgan fingerprint density at radius 2 is 1.82 bits per heavy atom. The Balaban J connectivity index is 2.84. The molecule has 0 aromatic heterocycles. The number of alkyl halides is 3. The zero-order chi connectivity index (χ0) is 13.1. The third-order valence-corrected chi connectivity index (χ3v) is 2.43. The zero-order valence-corrected chi connectivity index (χ0v) is 9.81. The van der Waals surface area contributed by atoms with Crippen molar-refractivity contribution in [2.24, 2.45) is 0 Å². The molecule has 0 fully saturated rings. The number of hydrogen-bond acceptors (Lipinski definition) is 1. The predicted octanol–water partition coefficient (Wildman–Crippen LogP) is 3.34. The van der Waals surface area contributed by atoms with E-state index < -0.39 is 17.6 Å². The fourth-order valence-electron chi connectivity index (χ4n) is 1.62. The molecule has 0 aliphatic heterocycles. The average molecular weight is 249 g/mol. The molecule has 0 heterocycles. The first-order valence-electron chi connectivity index (χ1n) is 5.31. The van der Waals surface area contributed by atoms with Crippen LogP contribution in [0.15, 0.2) is 18.2 Å². The summed E-state index contributed by atoms with van der Waals surface area (Å²) in [5, 5.41) is 0. The lowest BCUT2D eigenvalue weighted by molar-refractivity contribution is -0.138. The Bertz CT molecular complexity index is 371. The van der Waals surface area contributed by atoms with Gasteiger partial charge in [0.25, 0.3) is 0 Å². The summed E-state index contributed by atoms with van der Waals surface area (Å²) in [6.07, 6.45) is -3.58. The van der Waals surface area contributed by atoms with E-state index in [0.29, 0.717) is 25.5 Å². The summed E-state index contributed by atoms with van der Waals surface area (Å²) in [5.41, 5.74) is -0.711. The van der Waals surface area contributed by atoms with Crippen molar-refractivity contribution in [2.75, 3.05) is 20.6 Å². The molecular formula is C12H15F4N. The van der Waals surface area contributed by atoms with E-state index >= 15 is 0 Å². The molecule has 0 bridgehead atoms. The summed E-state index contributed by atoms with van der Waals surface area (Å²) in [7, 11) is 3.71. The van der Waals surface area contributed by atoms with E-state index in [-0.39, 0.29) is 5.56 Å². The first-order chi connectivity index (χ1) is 7.80. The number of halogens is 4. The average Bonchev–Trinajstić information content (AvgIpc) is 2.18. The summed E-state index contributed by atoms with van der Waals surface area (Å²) >= 11 is 0. The number of benzene rings is 1. The highest BCUT2D eigenvalue weighted by Crippen LogP contribution is 2.33. The maximum Gasteiger partial charge on any atom is 0.416 e. The van der Waals surface area contributed by atoms with E-state index in [2.05, 4.69) is 0 Å². The van der Waals surface area contributed by atoms with Gasteiger partial charge in [-0.3, -0.25) is 0 Å². The highest BCUT2D eigenvalue weighted by atomic mass is 19.4. The molecule has 0 aliphatic carbocycles. The van der Waals surface area contributed by atoms with E-state index in [1.165, 1.54) is 6.07 Å². The van der Waals surface area contributed by atoms with Gasteiger partial charge in [0.1, 0.15) is 5.82 Å². The quantitative estimate of drug-likeness (QED) is 0.740. The minimum atomic E-state index is -4.49. The van der Waals surface area contributed by atoms with Gasteiger partial charge in [-0.1, -0.05) is 6.07 Å². The highest BCUT2D eigenvalue weighted by molar-refractivity contribution is 5.30. The van der Waals surface area contributed by atoms with Crippen molar-refractivity contribution in [3.8, 4) is 0 Å². The van der Waals surface area contributed by atoms with Crippen LogP contribution in [0, 0.1) is 5.82 Å². The van der Waals surface area contributed by atoms with Crippen molar-refractivity contribution >= 4 is 0 Å². The molecule has 1 aromatic carbocycles. The normalized spacial score (nSPS) is 12.2. The molecule has 0 saturated heterocycles. The van der Waals surface area contributed by atoms with Gasteiger partial charge in [-0.2, -0.15) is 13.2 Å². The molecule has 0 aliphatic rings. The van der Waals surface area contributed by atoms with Crippen LogP contribution in [0.25, 0.3) is 0 Å². The van der Waals surface area contributed by atoms with Crippen molar-refractivity contribution in [2.45, 2.75) is 19.0 Å². The molecule has 0 saturated carbocycles. The van der Waals surface area contributed by atoms with Gasteiger partial charge in [0.15, 0.2) is 0 Å². The third-order valence-electron chi connectivity index (χ3n) is 2.43. The second kappa shape index (κ2) is 5.49. The summed E-state index contributed by atoms with van der Waals surface area (Å²) in [4.78, 5) is 1.90. The molecule has 0 radical (unpaired) electrons. The monoisotopic (exact) mass is 249 g/mol. The maximum atomic E-state index is 12.8. The molecule has 1 aromatic rings. The van der Waals surface area contributed by atoms with Crippen molar-refractivity contribution in [3.63, 3.8) is 0 Å². The molecular weight excluding hydrogens is 234 g/mol. The number of rotatable bonds is 4. The van der Waals surface area contributed by atoms with Crippen LogP contribution in [0.2, 0.25) is 0 Å². The molecule has 0 N–H and O–H groups in total. The van der Waals surface area contributed by atoms with Crippen LogP contribution < -0.4 is 0 Å². The van der Waals surface area contributed by atoms with Crippen LogP contribution in [0.1, 0.15) is 17.5 Å². The first kappa shape index (κ1) is 14.0.